The maximum atomic E-state index is 12.6. The van der Waals surface area contributed by atoms with Gasteiger partial charge in [0.05, 0.1) is 11.1 Å². The predicted molar refractivity (Wildman–Crippen MR) is 77.7 cm³/mol. The van der Waals surface area contributed by atoms with Crippen LogP contribution in [0.2, 0.25) is 5.02 Å². The van der Waals surface area contributed by atoms with Gasteiger partial charge in [-0.3, -0.25) is 4.79 Å². The molecule has 110 valence electrons. The van der Waals surface area contributed by atoms with Gasteiger partial charge in [0.15, 0.2) is 0 Å². The first-order chi connectivity index (χ1) is 9.38. The maximum absolute atomic E-state index is 12.6. The number of nitrogens with zero attached hydrogens (tertiary/aromatic N) is 3. The number of halogens is 1. The van der Waals surface area contributed by atoms with Gasteiger partial charge in [0.25, 0.3) is 5.91 Å². The molecule has 1 fully saturated rings. The lowest BCUT2D eigenvalue weighted by atomic mass is 10.2. The van der Waals surface area contributed by atoms with Crippen molar-refractivity contribution in [1.29, 1.82) is 0 Å². The average Bonchev–Trinajstić information content (AvgIpc) is 2.71. The number of hydrogen-bond donors (Lipinski definition) is 2. The van der Waals surface area contributed by atoms with Crippen LogP contribution in [0, 0.1) is 0 Å². The van der Waals surface area contributed by atoms with Gasteiger partial charge >= 0.3 is 0 Å². The normalized spacial score (nSPS) is 22.6. The van der Waals surface area contributed by atoms with Crippen molar-refractivity contribution in [2.24, 2.45) is 0 Å². The smallest absolute Gasteiger partial charge is 0.274 e. The molecule has 0 aromatic carbocycles. The number of amides is 1. The third kappa shape index (κ3) is 3.20. The first-order valence-electron chi connectivity index (χ1n) is 6.44. The second-order valence-corrected chi connectivity index (χ2v) is 5.74. The van der Waals surface area contributed by atoms with E-state index >= 15 is 0 Å². The van der Waals surface area contributed by atoms with Crippen molar-refractivity contribution in [3.05, 3.63) is 22.8 Å². The molecule has 1 aromatic heterocycles. The Morgan fingerprint density at radius 1 is 1.60 bits per heavy atom. The Morgan fingerprint density at radius 2 is 2.30 bits per heavy atom. The molecule has 6 nitrogen and oxygen atoms in total. The molecule has 2 atom stereocenters. The molecule has 2 rings (SSSR count). The molecule has 1 aliphatic rings. The number of likely N-dealkylation sites (tertiary alicyclic amines) is 1. The number of nitrogen functional groups attached to an aromatic ring is 1. The van der Waals surface area contributed by atoms with Crippen molar-refractivity contribution in [2.45, 2.75) is 18.6 Å². The van der Waals surface area contributed by atoms with Crippen LogP contribution in [0.1, 0.15) is 16.9 Å². The number of anilines is 1. The lowest BCUT2D eigenvalue weighted by Crippen LogP contribution is -2.41. The van der Waals surface area contributed by atoms with Gasteiger partial charge in [-0.1, -0.05) is 11.6 Å². The van der Waals surface area contributed by atoms with Crippen molar-refractivity contribution in [1.82, 2.24) is 14.8 Å². The summed E-state index contributed by atoms with van der Waals surface area (Å²) >= 11 is 6.02. The summed E-state index contributed by atoms with van der Waals surface area (Å²) in [6.07, 6.45) is 0.0489. The van der Waals surface area contributed by atoms with E-state index in [2.05, 4.69) is 4.98 Å². The van der Waals surface area contributed by atoms with Crippen LogP contribution in [-0.4, -0.2) is 65.1 Å². The fourth-order valence-electron chi connectivity index (χ4n) is 2.48. The summed E-state index contributed by atoms with van der Waals surface area (Å²) in [5, 5.41) is 10.1. The van der Waals surface area contributed by atoms with E-state index in [4.69, 9.17) is 17.3 Å². The summed E-state index contributed by atoms with van der Waals surface area (Å²) in [4.78, 5) is 20.2. The molecule has 2 heterocycles. The molecule has 0 saturated carbocycles. The van der Waals surface area contributed by atoms with Crippen LogP contribution in [0.3, 0.4) is 0 Å². The Labute approximate surface area is 123 Å². The highest BCUT2D eigenvalue weighted by Gasteiger charge is 2.36. The quantitative estimate of drug-likeness (QED) is 0.847. The van der Waals surface area contributed by atoms with Gasteiger partial charge in [0.2, 0.25) is 0 Å². The van der Waals surface area contributed by atoms with Crippen LogP contribution < -0.4 is 5.73 Å². The van der Waals surface area contributed by atoms with Crippen molar-refractivity contribution in [3.8, 4) is 0 Å². The van der Waals surface area contributed by atoms with E-state index in [0.29, 0.717) is 19.5 Å². The highest BCUT2D eigenvalue weighted by atomic mass is 35.5. The number of rotatable bonds is 3. The van der Waals surface area contributed by atoms with Gasteiger partial charge in [-0.2, -0.15) is 0 Å². The summed E-state index contributed by atoms with van der Waals surface area (Å²) in [6, 6.07) is 3.06. The van der Waals surface area contributed by atoms with Crippen molar-refractivity contribution < 1.29 is 9.90 Å². The largest absolute Gasteiger partial charge is 0.391 e. The first-order valence-corrected chi connectivity index (χ1v) is 6.82. The maximum Gasteiger partial charge on any atom is 0.274 e. The lowest BCUT2D eigenvalue weighted by Gasteiger charge is -2.26. The third-order valence-corrected chi connectivity index (χ3v) is 3.60. The van der Waals surface area contributed by atoms with Crippen LogP contribution in [-0.2, 0) is 0 Å². The number of carbonyl (C=O) groups excluding carboxylic acids is 1. The predicted octanol–water partition coefficient (Wildman–Crippen LogP) is 0.454. The van der Waals surface area contributed by atoms with Crippen LogP contribution in [0.25, 0.3) is 0 Å². The number of β-amino-alcohol motifs (C(OH)–C–C–N with tert-alkyl or cyclic N) is 1. The zero-order valence-electron chi connectivity index (χ0n) is 11.6. The molecule has 1 saturated heterocycles. The Hall–Kier alpha value is -1.37. The summed E-state index contributed by atoms with van der Waals surface area (Å²) in [7, 11) is 3.86. The zero-order chi connectivity index (χ0) is 14.9. The summed E-state index contributed by atoms with van der Waals surface area (Å²) < 4.78 is 0. The van der Waals surface area contributed by atoms with Gasteiger partial charge in [-0.15, -0.1) is 0 Å². The van der Waals surface area contributed by atoms with Gasteiger partial charge in [-0.05, 0) is 32.6 Å². The van der Waals surface area contributed by atoms with E-state index in [1.54, 1.807) is 17.0 Å². The molecule has 0 aliphatic carbocycles. The van der Waals surface area contributed by atoms with Crippen LogP contribution >= 0.6 is 11.6 Å². The molecule has 0 bridgehead atoms. The Bertz CT molecular complexity index is 509. The Morgan fingerprint density at radius 3 is 2.95 bits per heavy atom. The van der Waals surface area contributed by atoms with Crippen molar-refractivity contribution in [3.63, 3.8) is 0 Å². The van der Waals surface area contributed by atoms with Crippen LogP contribution in [0.15, 0.2) is 12.1 Å². The fourth-order valence-corrected chi connectivity index (χ4v) is 2.66. The number of aliphatic hydroxyl groups is 1. The second-order valence-electron chi connectivity index (χ2n) is 5.33. The molecule has 1 aliphatic heterocycles. The number of pyridine rings is 1. The van der Waals surface area contributed by atoms with E-state index in [1.165, 1.54) is 0 Å². The minimum atomic E-state index is -0.510. The van der Waals surface area contributed by atoms with E-state index in [9.17, 15) is 9.90 Å². The summed E-state index contributed by atoms with van der Waals surface area (Å²) in [5.74, 6) is -0.0349. The first kappa shape index (κ1) is 15.0. The minimum Gasteiger partial charge on any atom is -0.391 e. The van der Waals surface area contributed by atoms with E-state index in [0.717, 1.165) is 0 Å². The Kier molecular flexibility index (Phi) is 4.47. The van der Waals surface area contributed by atoms with Crippen LogP contribution in [0.5, 0.6) is 0 Å². The number of aliphatic hydroxyl groups excluding tert-OH is 1. The van der Waals surface area contributed by atoms with Gasteiger partial charge in [0.1, 0.15) is 11.5 Å². The molecule has 1 aromatic rings. The minimum absolute atomic E-state index is 0.0493. The SMILES string of the molecule is CN(C)CC1CC(O)CN1C(=O)c1nc(N)ccc1Cl. The number of hydrogen-bond acceptors (Lipinski definition) is 5. The number of aromatic nitrogens is 1. The standard InChI is InChI=1S/C13H19ClN4O2/c1-17(2)6-8-5-9(19)7-18(8)13(20)12-10(14)3-4-11(15)16-12/h3-4,8-9,19H,5-7H2,1-2H3,(H2,15,16). The topological polar surface area (TPSA) is 82.7 Å². The van der Waals surface area contributed by atoms with Crippen molar-refractivity contribution in [2.75, 3.05) is 32.9 Å². The summed E-state index contributed by atoms with van der Waals surface area (Å²) in [5.41, 5.74) is 5.75. The number of nitrogens with two attached hydrogens (primary N) is 1. The molecule has 3 N–H and O–H groups in total. The molecule has 7 heteroatoms. The highest BCUT2D eigenvalue weighted by molar-refractivity contribution is 6.33. The number of carbonyl (C=O) groups is 1. The molecular formula is C13H19ClN4O2. The van der Waals surface area contributed by atoms with Gasteiger partial charge in [0, 0.05) is 19.1 Å². The molecule has 1 amide bonds. The van der Waals surface area contributed by atoms with E-state index < -0.39 is 6.10 Å². The molecule has 20 heavy (non-hydrogen) atoms. The molecular weight excluding hydrogens is 280 g/mol. The van der Waals surface area contributed by atoms with Gasteiger partial charge < -0.3 is 20.6 Å². The van der Waals surface area contributed by atoms with Crippen LogP contribution in [0.4, 0.5) is 5.82 Å². The fraction of sp³-hybridized carbons (Fsp3) is 0.538. The van der Waals surface area contributed by atoms with E-state index in [-0.39, 0.29) is 28.5 Å². The monoisotopic (exact) mass is 298 g/mol. The van der Waals surface area contributed by atoms with E-state index in [1.807, 2.05) is 19.0 Å². The molecule has 0 radical (unpaired) electrons. The van der Waals surface area contributed by atoms with Gasteiger partial charge in [-0.25, -0.2) is 4.98 Å². The Balaban J connectivity index is 2.24. The third-order valence-electron chi connectivity index (χ3n) is 3.30. The zero-order valence-corrected chi connectivity index (χ0v) is 12.3. The highest BCUT2D eigenvalue weighted by Crippen LogP contribution is 2.24. The van der Waals surface area contributed by atoms with Crippen molar-refractivity contribution >= 4 is 23.3 Å². The molecule has 0 spiro atoms. The molecule has 2 unspecified atom stereocenters. The second kappa shape index (κ2) is 5.95. The lowest BCUT2D eigenvalue weighted by molar-refractivity contribution is 0.0693. The summed E-state index contributed by atoms with van der Waals surface area (Å²) in [6.45, 7) is 0.979. The number of likely N-dealkylation sites (N-methyl/N-ethyl adjacent to an activating group) is 1. The average molecular weight is 299 g/mol.